The van der Waals surface area contributed by atoms with Crippen LogP contribution in [0.15, 0.2) is 45.3 Å². The first-order valence-electron chi connectivity index (χ1n) is 5.14. The number of rotatable bonds is 3. The fourth-order valence-electron chi connectivity index (χ4n) is 1.55. The molecular formula is C12H7Br2ClN2O2. The minimum absolute atomic E-state index is 0.0955. The maximum absolute atomic E-state index is 11.1. The van der Waals surface area contributed by atoms with Crippen LogP contribution in [0.3, 0.4) is 0 Å². The Morgan fingerprint density at radius 2 is 1.68 bits per heavy atom. The van der Waals surface area contributed by atoms with Crippen LogP contribution >= 0.6 is 43.5 Å². The maximum Gasteiger partial charge on any atom is 0.311 e. The first-order chi connectivity index (χ1) is 9.00. The van der Waals surface area contributed by atoms with Gasteiger partial charge in [0.15, 0.2) is 0 Å². The van der Waals surface area contributed by atoms with Gasteiger partial charge in [0.05, 0.1) is 10.6 Å². The van der Waals surface area contributed by atoms with Gasteiger partial charge in [0.25, 0.3) is 0 Å². The third-order valence-electron chi connectivity index (χ3n) is 2.39. The number of anilines is 2. The van der Waals surface area contributed by atoms with Crippen LogP contribution in [0.1, 0.15) is 0 Å². The Kier molecular flexibility index (Phi) is 4.44. The summed E-state index contributed by atoms with van der Waals surface area (Å²) in [6, 6.07) is 10.3. The Balaban J connectivity index is 2.50. The Hall–Kier alpha value is -1.11. The number of para-hydroxylation sites is 2. The summed E-state index contributed by atoms with van der Waals surface area (Å²) < 4.78 is 1.58. The van der Waals surface area contributed by atoms with Crippen LogP contribution < -0.4 is 5.32 Å². The smallest absolute Gasteiger partial charge is 0.311 e. The van der Waals surface area contributed by atoms with Crippen LogP contribution in [0.5, 0.6) is 0 Å². The van der Waals surface area contributed by atoms with Crippen molar-refractivity contribution in [1.29, 1.82) is 0 Å². The van der Waals surface area contributed by atoms with Gasteiger partial charge in [0.2, 0.25) is 0 Å². The number of nitro groups is 1. The SMILES string of the molecule is O=[N+]([O-])c1c(Cl)cccc1Nc1c(Br)cccc1Br. The molecule has 19 heavy (non-hydrogen) atoms. The molecule has 0 unspecified atom stereocenters. The van der Waals surface area contributed by atoms with Gasteiger partial charge in [0.1, 0.15) is 10.7 Å². The lowest BCUT2D eigenvalue weighted by Crippen LogP contribution is -1.98. The molecule has 4 nitrogen and oxygen atoms in total. The van der Waals surface area contributed by atoms with Gasteiger partial charge >= 0.3 is 5.69 Å². The van der Waals surface area contributed by atoms with E-state index < -0.39 is 4.92 Å². The largest absolute Gasteiger partial charge is 0.348 e. The molecule has 0 saturated carbocycles. The zero-order valence-electron chi connectivity index (χ0n) is 9.36. The number of nitrogens with zero attached hydrogens (tertiary/aromatic N) is 1. The summed E-state index contributed by atoms with van der Waals surface area (Å²) in [4.78, 5) is 10.6. The first kappa shape index (κ1) is 14.3. The molecule has 7 heteroatoms. The van der Waals surface area contributed by atoms with Gasteiger partial charge in [-0.25, -0.2) is 0 Å². The van der Waals surface area contributed by atoms with Crippen LogP contribution in [0.2, 0.25) is 5.02 Å². The van der Waals surface area contributed by atoms with E-state index in [-0.39, 0.29) is 10.7 Å². The molecule has 0 saturated heterocycles. The zero-order valence-corrected chi connectivity index (χ0v) is 13.3. The van der Waals surface area contributed by atoms with Crippen LogP contribution in [-0.2, 0) is 0 Å². The van der Waals surface area contributed by atoms with Crippen molar-refractivity contribution in [2.45, 2.75) is 0 Å². The molecule has 0 aliphatic heterocycles. The van der Waals surface area contributed by atoms with Crippen molar-refractivity contribution in [3.05, 3.63) is 60.5 Å². The van der Waals surface area contributed by atoms with Crippen LogP contribution in [0.25, 0.3) is 0 Å². The molecule has 0 atom stereocenters. The molecule has 0 bridgehead atoms. The molecule has 0 amide bonds. The van der Waals surface area contributed by atoms with E-state index >= 15 is 0 Å². The molecule has 1 N–H and O–H groups in total. The molecule has 2 rings (SSSR count). The van der Waals surface area contributed by atoms with Crippen molar-refractivity contribution in [2.24, 2.45) is 0 Å². The fourth-order valence-corrected chi connectivity index (χ4v) is 2.99. The lowest BCUT2D eigenvalue weighted by molar-refractivity contribution is -0.383. The second kappa shape index (κ2) is 5.90. The normalized spacial score (nSPS) is 10.3. The molecule has 2 aromatic rings. The fraction of sp³-hybridized carbons (Fsp3) is 0. The molecular weight excluding hydrogens is 399 g/mol. The molecule has 0 fully saturated rings. The molecule has 0 aromatic heterocycles. The zero-order chi connectivity index (χ0) is 14.0. The second-order valence-electron chi connectivity index (χ2n) is 3.61. The van der Waals surface area contributed by atoms with Gasteiger partial charge in [0, 0.05) is 8.95 Å². The number of halogens is 3. The topological polar surface area (TPSA) is 55.2 Å². The summed E-state index contributed by atoms with van der Waals surface area (Å²) in [5.41, 5.74) is 0.893. The Bertz CT molecular complexity index is 629. The van der Waals surface area contributed by atoms with Crippen molar-refractivity contribution in [2.75, 3.05) is 5.32 Å². The molecule has 2 aromatic carbocycles. The molecule has 0 aliphatic carbocycles. The molecule has 0 heterocycles. The minimum Gasteiger partial charge on any atom is -0.348 e. The van der Waals surface area contributed by atoms with Gasteiger partial charge in [-0.05, 0) is 56.1 Å². The number of nitrogens with one attached hydrogen (secondary N) is 1. The number of hydrogen-bond donors (Lipinski definition) is 1. The molecule has 0 aliphatic rings. The number of benzene rings is 2. The van der Waals surface area contributed by atoms with Crippen LogP contribution in [-0.4, -0.2) is 4.92 Å². The number of hydrogen-bond acceptors (Lipinski definition) is 3. The average molecular weight is 406 g/mol. The summed E-state index contributed by atoms with van der Waals surface area (Å²) in [6.07, 6.45) is 0. The third-order valence-corrected chi connectivity index (χ3v) is 4.02. The van der Waals surface area contributed by atoms with Crippen molar-refractivity contribution >= 4 is 60.5 Å². The van der Waals surface area contributed by atoms with E-state index in [1.54, 1.807) is 12.1 Å². The predicted octanol–water partition coefficient (Wildman–Crippen LogP) is 5.52. The summed E-state index contributed by atoms with van der Waals surface area (Å²) in [7, 11) is 0. The highest BCUT2D eigenvalue weighted by Gasteiger charge is 2.19. The summed E-state index contributed by atoms with van der Waals surface area (Å²) in [5, 5.41) is 14.2. The van der Waals surface area contributed by atoms with E-state index in [1.807, 2.05) is 18.2 Å². The highest BCUT2D eigenvalue weighted by molar-refractivity contribution is 9.11. The van der Waals surface area contributed by atoms with E-state index in [2.05, 4.69) is 37.2 Å². The van der Waals surface area contributed by atoms with Crippen molar-refractivity contribution in [3.63, 3.8) is 0 Å². The lowest BCUT2D eigenvalue weighted by atomic mass is 10.2. The second-order valence-corrected chi connectivity index (χ2v) is 5.73. The predicted molar refractivity (Wildman–Crippen MR) is 83.2 cm³/mol. The monoisotopic (exact) mass is 404 g/mol. The van der Waals surface area contributed by atoms with Gasteiger partial charge in [-0.2, -0.15) is 0 Å². The molecule has 0 spiro atoms. The quantitative estimate of drug-likeness (QED) is 0.540. The highest BCUT2D eigenvalue weighted by Crippen LogP contribution is 2.38. The third kappa shape index (κ3) is 3.08. The minimum atomic E-state index is -0.505. The maximum atomic E-state index is 11.1. The van der Waals surface area contributed by atoms with E-state index in [0.29, 0.717) is 11.4 Å². The average Bonchev–Trinajstić information content (AvgIpc) is 2.33. The highest BCUT2D eigenvalue weighted by atomic mass is 79.9. The van der Waals surface area contributed by atoms with Crippen molar-refractivity contribution < 1.29 is 4.92 Å². The lowest BCUT2D eigenvalue weighted by Gasteiger charge is -2.11. The van der Waals surface area contributed by atoms with E-state index in [0.717, 1.165) is 8.95 Å². The van der Waals surface area contributed by atoms with Crippen molar-refractivity contribution in [3.8, 4) is 0 Å². The molecule has 98 valence electrons. The standard InChI is InChI=1S/C12H7Br2ClN2O2/c13-7-3-1-4-8(14)11(7)16-10-6-2-5-9(15)12(10)17(18)19/h1-6,16H. The van der Waals surface area contributed by atoms with Crippen LogP contribution in [0.4, 0.5) is 17.1 Å². The van der Waals surface area contributed by atoms with Crippen molar-refractivity contribution in [1.82, 2.24) is 0 Å². The Labute approximate surface area is 131 Å². The summed E-state index contributed by atoms with van der Waals surface area (Å²) in [6.45, 7) is 0. The van der Waals surface area contributed by atoms with Gasteiger partial charge < -0.3 is 5.32 Å². The Morgan fingerprint density at radius 1 is 1.11 bits per heavy atom. The van der Waals surface area contributed by atoms with Gasteiger partial charge in [-0.3, -0.25) is 10.1 Å². The summed E-state index contributed by atoms with van der Waals surface area (Å²) >= 11 is 12.6. The summed E-state index contributed by atoms with van der Waals surface area (Å²) in [5.74, 6) is 0. The Morgan fingerprint density at radius 3 is 2.26 bits per heavy atom. The van der Waals surface area contributed by atoms with Gasteiger partial charge in [-0.1, -0.05) is 23.7 Å². The van der Waals surface area contributed by atoms with E-state index in [1.165, 1.54) is 6.07 Å². The van der Waals surface area contributed by atoms with E-state index in [9.17, 15) is 10.1 Å². The first-order valence-corrected chi connectivity index (χ1v) is 7.11. The van der Waals surface area contributed by atoms with Gasteiger partial charge in [-0.15, -0.1) is 0 Å². The molecule has 0 radical (unpaired) electrons. The van der Waals surface area contributed by atoms with Crippen LogP contribution in [0, 0.1) is 10.1 Å². The van der Waals surface area contributed by atoms with E-state index in [4.69, 9.17) is 11.6 Å². The number of nitro benzene ring substituents is 1.